The number of carbonyl (C=O) groups is 1. The monoisotopic (exact) mass is 288 g/mol. The van der Waals surface area contributed by atoms with Crippen molar-refractivity contribution in [3.63, 3.8) is 0 Å². The Morgan fingerprint density at radius 3 is 2.50 bits per heavy atom. The second-order valence-electron chi connectivity index (χ2n) is 4.16. The summed E-state index contributed by atoms with van der Waals surface area (Å²) in [7, 11) is 0. The molecule has 0 saturated carbocycles. The minimum atomic E-state index is -0.700. The minimum Gasteiger partial charge on any atom is -0.457 e. The van der Waals surface area contributed by atoms with Gasteiger partial charge in [0.1, 0.15) is 11.5 Å². The first-order valence-electron chi connectivity index (χ1n) is 5.85. The van der Waals surface area contributed by atoms with E-state index in [4.69, 9.17) is 9.99 Å². The second kappa shape index (κ2) is 7.71. The SMILES string of the molecule is Cc1ccc(CC(=O)OO)cc1Oc1ccccc1.[AlH3]. The van der Waals surface area contributed by atoms with Crippen LogP contribution in [0.5, 0.6) is 11.5 Å². The van der Waals surface area contributed by atoms with Gasteiger partial charge in [-0.05, 0) is 36.2 Å². The van der Waals surface area contributed by atoms with E-state index in [2.05, 4.69) is 4.89 Å². The molecule has 0 aliphatic carbocycles. The Morgan fingerprint density at radius 1 is 1.15 bits per heavy atom. The number of ether oxygens (including phenoxy) is 1. The molecule has 2 aromatic rings. The molecule has 20 heavy (non-hydrogen) atoms. The Bertz CT molecular complexity index is 569. The fourth-order valence-corrected chi connectivity index (χ4v) is 1.68. The van der Waals surface area contributed by atoms with E-state index in [1.807, 2.05) is 43.3 Å². The highest BCUT2D eigenvalue weighted by Crippen LogP contribution is 2.26. The van der Waals surface area contributed by atoms with Gasteiger partial charge < -0.3 is 9.62 Å². The van der Waals surface area contributed by atoms with Gasteiger partial charge in [-0.15, -0.1) is 0 Å². The van der Waals surface area contributed by atoms with Crippen molar-refractivity contribution >= 4 is 23.3 Å². The van der Waals surface area contributed by atoms with Gasteiger partial charge in [0.15, 0.2) is 17.4 Å². The molecule has 0 radical (unpaired) electrons. The molecule has 0 aliphatic rings. The first-order valence-corrected chi connectivity index (χ1v) is 5.85. The summed E-state index contributed by atoms with van der Waals surface area (Å²) in [5, 5.41) is 8.27. The van der Waals surface area contributed by atoms with Gasteiger partial charge in [0, 0.05) is 0 Å². The zero-order valence-corrected chi connectivity index (χ0v) is 10.5. The number of benzene rings is 2. The summed E-state index contributed by atoms with van der Waals surface area (Å²) < 4.78 is 5.75. The molecule has 0 unspecified atom stereocenters. The summed E-state index contributed by atoms with van der Waals surface area (Å²) in [6, 6.07) is 14.8. The third-order valence-corrected chi connectivity index (χ3v) is 2.67. The standard InChI is InChI=1S/C15H14O4.Al.3H/c1-11-7-8-12(10-15(16)19-17)9-14(11)18-13-5-3-2-4-6-13;;;;/h2-9,17H,10H2,1H3;;;;. The maximum Gasteiger partial charge on any atom is 0.346 e. The lowest BCUT2D eigenvalue weighted by Crippen LogP contribution is -2.05. The van der Waals surface area contributed by atoms with Crippen molar-refractivity contribution in [1.82, 2.24) is 0 Å². The van der Waals surface area contributed by atoms with Crippen molar-refractivity contribution in [1.29, 1.82) is 0 Å². The highest BCUT2D eigenvalue weighted by molar-refractivity contribution is 5.75. The molecule has 4 nitrogen and oxygen atoms in total. The van der Waals surface area contributed by atoms with E-state index in [-0.39, 0.29) is 23.8 Å². The Kier molecular flexibility index (Phi) is 6.27. The van der Waals surface area contributed by atoms with Crippen molar-refractivity contribution < 1.29 is 19.7 Å². The van der Waals surface area contributed by atoms with E-state index in [1.165, 1.54) is 0 Å². The van der Waals surface area contributed by atoms with Crippen LogP contribution >= 0.6 is 0 Å². The number of rotatable bonds is 4. The Morgan fingerprint density at radius 2 is 1.85 bits per heavy atom. The minimum absolute atomic E-state index is 0. The van der Waals surface area contributed by atoms with Crippen LogP contribution in [0.15, 0.2) is 48.5 Å². The zero-order chi connectivity index (χ0) is 13.7. The Hall–Kier alpha value is -1.80. The van der Waals surface area contributed by atoms with Crippen LogP contribution in [-0.4, -0.2) is 28.6 Å². The highest BCUT2D eigenvalue weighted by Gasteiger charge is 2.08. The number of para-hydroxylation sites is 1. The molecule has 104 valence electrons. The van der Waals surface area contributed by atoms with Crippen LogP contribution in [0.3, 0.4) is 0 Å². The second-order valence-corrected chi connectivity index (χ2v) is 4.16. The van der Waals surface area contributed by atoms with Crippen LogP contribution in [0.4, 0.5) is 0 Å². The van der Waals surface area contributed by atoms with Gasteiger partial charge in [-0.2, -0.15) is 5.26 Å². The van der Waals surface area contributed by atoms with Crippen LogP contribution in [0.2, 0.25) is 0 Å². The van der Waals surface area contributed by atoms with E-state index in [0.717, 1.165) is 16.9 Å². The lowest BCUT2D eigenvalue weighted by atomic mass is 10.1. The number of hydrogen-bond acceptors (Lipinski definition) is 4. The summed E-state index contributed by atoms with van der Waals surface area (Å²) in [6.45, 7) is 1.92. The summed E-state index contributed by atoms with van der Waals surface area (Å²) in [6.07, 6.45) is 0.00191. The zero-order valence-electron chi connectivity index (χ0n) is 10.5. The molecule has 1 N–H and O–H groups in total. The van der Waals surface area contributed by atoms with Gasteiger partial charge in [0.2, 0.25) is 0 Å². The van der Waals surface area contributed by atoms with Crippen LogP contribution in [-0.2, 0) is 16.1 Å². The largest absolute Gasteiger partial charge is 0.457 e. The van der Waals surface area contributed by atoms with Gasteiger partial charge in [-0.1, -0.05) is 30.3 Å². The van der Waals surface area contributed by atoms with E-state index >= 15 is 0 Å². The third-order valence-electron chi connectivity index (χ3n) is 2.67. The van der Waals surface area contributed by atoms with Crippen LogP contribution in [0, 0.1) is 6.92 Å². The number of carbonyl (C=O) groups excluding carboxylic acids is 1. The van der Waals surface area contributed by atoms with Gasteiger partial charge in [-0.25, -0.2) is 4.79 Å². The average Bonchev–Trinajstić information content (AvgIpc) is 2.43. The Labute approximate surface area is 128 Å². The number of hydrogen-bond donors (Lipinski definition) is 1. The topological polar surface area (TPSA) is 55.8 Å². The van der Waals surface area contributed by atoms with E-state index < -0.39 is 5.97 Å². The molecule has 0 atom stereocenters. The van der Waals surface area contributed by atoms with Gasteiger partial charge >= 0.3 is 5.97 Å². The molecule has 0 bridgehead atoms. The molecule has 0 aromatic heterocycles. The molecule has 0 heterocycles. The molecular weight excluding hydrogens is 271 g/mol. The van der Waals surface area contributed by atoms with Crippen molar-refractivity contribution in [3.05, 3.63) is 59.7 Å². The Balaban J connectivity index is 0.00000200. The molecule has 0 fully saturated rings. The normalized spacial score (nSPS) is 9.50. The van der Waals surface area contributed by atoms with Crippen molar-refractivity contribution in [2.24, 2.45) is 0 Å². The van der Waals surface area contributed by atoms with E-state index in [1.54, 1.807) is 12.1 Å². The lowest BCUT2D eigenvalue weighted by Gasteiger charge is -2.10. The van der Waals surface area contributed by atoms with Crippen LogP contribution in [0.25, 0.3) is 0 Å². The molecule has 0 saturated heterocycles. The fourth-order valence-electron chi connectivity index (χ4n) is 1.68. The maximum absolute atomic E-state index is 11.0. The first kappa shape index (κ1) is 16.3. The van der Waals surface area contributed by atoms with Gasteiger partial charge in [0.25, 0.3) is 0 Å². The fraction of sp³-hybridized carbons (Fsp3) is 0.133. The summed E-state index contributed by atoms with van der Waals surface area (Å²) in [5.74, 6) is 0.705. The quantitative estimate of drug-likeness (QED) is 0.532. The van der Waals surface area contributed by atoms with E-state index in [0.29, 0.717) is 5.75 Å². The van der Waals surface area contributed by atoms with E-state index in [9.17, 15) is 4.79 Å². The number of aryl methyl sites for hydroxylation is 1. The third kappa shape index (κ3) is 4.39. The van der Waals surface area contributed by atoms with Crippen LogP contribution in [0.1, 0.15) is 11.1 Å². The first-order chi connectivity index (χ1) is 9.19. The molecule has 2 rings (SSSR count). The predicted molar refractivity (Wildman–Crippen MR) is 80.1 cm³/mol. The molecule has 2 aromatic carbocycles. The molecule has 5 heteroatoms. The highest BCUT2D eigenvalue weighted by atomic mass is 27.0. The molecule has 0 spiro atoms. The average molecular weight is 288 g/mol. The van der Waals surface area contributed by atoms with Gasteiger partial charge in [-0.3, -0.25) is 0 Å². The predicted octanol–water partition coefficient (Wildman–Crippen LogP) is 2.16. The smallest absolute Gasteiger partial charge is 0.346 e. The van der Waals surface area contributed by atoms with Crippen molar-refractivity contribution in [3.8, 4) is 11.5 Å². The lowest BCUT2D eigenvalue weighted by molar-refractivity contribution is -0.233. The summed E-state index contributed by atoms with van der Waals surface area (Å²) in [5.41, 5.74) is 1.68. The molecule has 0 amide bonds. The molecular formula is C15H17AlO4. The van der Waals surface area contributed by atoms with Crippen LogP contribution < -0.4 is 4.74 Å². The maximum atomic E-state index is 11.0. The summed E-state index contributed by atoms with van der Waals surface area (Å²) >= 11 is 0. The summed E-state index contributed by atoms with van der Waals surface area (Å²) in [4.78, 5) is 14.7. The molecule has 0 aliphatic heterocycles. The van der Waals surface area contributed by atoms with Crippen molar-refractivity contribution in [2.45, 2.75) is 13.3 Å². The van der Waals surface area contributed by atoms with Gasteiger partial charge in [0.05, 0.1) is 6.42 Å². The van der Waals surface area contributed by atoms with Crippen molar-refractivity contribution in [2.75, 3.05) is 0 Å².